The van der Waals surface area contributed by atoms with Gasteiger partial charge in [0.25, 0.3) is 5.56 Å². The minimum absolute atomic E-state index is 0.0482. The van der Waals surface area contributed by atoms with Crippen LogP contribution in [0.15, 0.2) is 17.1 Å². The number of aromatic nitrogens is 4. The van der Waals surface area contributed by atoms with E-state index in [1.807, 2.05) is 0 Å². The molecule has 0 aromatic carbocycles. The van der Waals surface area contributed by atoms with Crippen LogP contribution in [0, 0.1) is 0 Å². The van der Waals surface area contributed by atoms with Crippen LogP contribution in [0.5, 0.6) is 0 Å². The van der Waals surface area contributed by atoms with E-state index in [0.29, 0.717) is 13.2 Å². The van der Waals surface area contributed by atoms with E-state index < -0.39 is 0 Å². The van der Waals surface area contributed by atoms with Gasteiger partial charge in [0.15, 0.2) is 0 Å². The highest BCUT2D eigenvalue weighted by Crippen LogP contribution is 2.17. The molecule has 1 aliphatic carbocycles. The third-order valence-electron chi connectivity index (χ3n) is 6.12. The quantitative estimate of drug-likeness (QED) is 0.738. The largest absolute Gasteiger partial charge is 0.372 e. The Morgan fingerprint density at radius 2 is 1.89 bits per heavy atom. The maximum absolute atomic E-state index is 12.2. The summed E-state index contributed by atoms with van der Waals surface area (Å²) in [6.45, 7) is 8.90. The first kappa shape index (κ1) is 18.0. The van der Waals surface area contributed by atoms with Crippen LogP contribution in [-0.2, 0) is 43.8 Å². The summed E-state index contributed by atoms with van der Waals surface area (Å²) in [5.41, 5.74) is 3.47. The zero-order valence-corrected chi connectivity index (χ0v) is 16.3. The van der Waals surface area contributed by atoms with Gasteiger partial charge in [-0.2, -0.15) is 5.10 Å². The summed E-state index contributed by atoms with van der Waals surface area (Å²) in [7, 11) is 0. The number of rotatable bonds is 5. The van der Waals surface area contributed by atoms with Crippen LogP contribution in [0.25, 0.3) is 0 Å². The fourth-order valence-electron chi connectivity index (χ4n) is 4.46. The molecule has 2 aliphatic heterocycles. The predicted octanol–water partition coefficient (Wildman–Crippen LogP) is 0.277. The van der Waals surface area contributed by atoms with Crippen LogP contribution in [-0.4, -0.2) is 68.5 Å². The number of fused-ring (bicyclic) bond motifs is 2. The van der Waals surface area contributed by atoms with Gasteiger partial charge in [-0.3, -0.25) is 14.6 Å². The lowest BCUT2D eigenvalue weighted by molar-refractivity contribution is 0.0815. The van der Waals surface area contributed by atoms with Crippen molar-refractivity contribution in [3.05, 3.63) is 45.4 Å². The minimum Gasteiger partial charge on any atom is -0.372 e. The number of piperazine rings is 1. The first-order chi connectivity index (χ1) is 13.7. The molecule has 8 heteroatoms. The Labute approximate surface area is 164 Å². The monoisotopic (exact) mass is 384 g/mol. The number of hydrogen-bond acceptors (Lipinski definition) is 6. The van der Waals surface area contributed by atoms with E-state index in [4.69, 9.17) is 9.72 Å². The van der Waals surface area contributed by atoms with Crippen molar-refractivity contribution >= 4 is 0 Å². The molecule has 150 valence electrons. The smallest absolute Gasteiger partial charge is 0.267 e. The first-order valence-electron chi connectivity index (χ1n) is 10.4. The van der Waals surface area contributed by atoms with Crippen LogP contribution in [0.3, 0.4) is 0 Å². The summed E-state index contributed by atoms with van der Waals surface area (Å²) in [5.74, 6) is 1.05. The van der Waals surface area contributed by atoms with Crippen LogP contribution in [0.2, 0.25) is 0 Å². The molecule has 0 N–H and O–H groups in total. The molecule has 2 aromatic rings. The summed E-state index contributed by atoms with van der Waals surface area (Å²) < 4.78 is 9.36. The van der Waals surface area contributed by atoms with Gasteiger partial charge in [-0.25, -0.2) is 9.67 Å². The zero-order valence-electron chi connectivity index (χ0n) is 16.3. The van der Waals surface area contributed by atoms with E-state index in [-0.39, 0.29) is 5.56 Å². The second-order valence-corrected chi connectivity index (χ2v) is 8.04. The highest BCUT2D eigenvalue weighted by molar-refractivity contribution is 5.22. The Morgan fingerprint density at radius 3 is 2.75 bits per heavy atom. The van der Waals surface area contributed by atoms with Gasteiger partial charge in [0.1, 0.15) is 12.4 Å². The zero-order chi connectivity index (χ0) is 18.9. The lowest BCUT2D eigenvalue weighted by Gasteiger charge is -2.34. The average molecular weight is 384 g/mol. The van der Waals surface area contributed by atoms with E-state index in [9.17, 15) is 4.79 Å². The number of nitrogens with zero attached hydrogens (tertiary/aromatic N) is 6. The van der Waals surface area contributed by atoms with E-state index >= 15 is 0 Å². The van der Waals surface area contributed by atoms with Gasteiger partial charge in [0, 0.05) is 58.1 Å². The lowest BCUT2D eigenvalue weighted by atomic mass is 10.2. The molecule has 0 bridgehead atoms. The van der Waals surface area contributed by atoms with Gasteiger partial charge in [-0.05, 0) is 24.8 Å². The van der Waals surface area contributed by atoms with Gasteiger partial charge in [-0.15, -0.1) is 0 Å². The lowest BCUT2D eigenvalue weighted by Crippen LogP contribution is -2.47. The van der Waals surface area contributed by atoms with Crippen LogP contribution < -0.4 is 5.56 Å². The van der Waals surface area contributed by atoms with E-state index in [2.05, 4.69) is 25.7 Å². The highest BCUT2D eigenvalue weighted by Gasteiger charge is 2.20. The first-order valence-corrected chi connectivity index (χ1v) is 10.4. The Bertz CT molecular complexity index is 873. The molecule has 2 aromatic heterocycles. The molecule has 0 unspecified atom stereocenters. The van der Waals surface area contributed by atoms with Crippen molar-refractivity contribution in [2.45, 2.75) is 45.5 Å². The maximum Gasteiger partial charge on any atom is 0.267 e. The van der Waals surface area contributed by atoms with Gasteiger partial charge in [0.2, 0.25) is 0 Å². The standard InChI is InChI=1S/C20H28N6O2/c27-20-12-16-2-1-3-18(16)22-26(20)9-8-23-4-6-24(7-5-23)13-17-14-25-10-11-28-15-19(25)21-17/h12,14H,1-11,13,15H2. The fraction of sp³-hybridized carbons (Fsp3) is 0.650. The van der Waals surface area contributed by atoms with Crippen molar-refractivity contribution in [3.8, 4) is 0 Å². The van der Waals surface area contributed by atoms with Crippen molar-refractivity contribution in [2.75, 3.05) is 39.3 Å². The number of ether oxygens (including phenoxy) is 1. The molecule has 0 amide bonds. The third kappa shape index (κ3) is 3.76. The third-order valence-corrected chi connectivity index (χ3v) is 6.12. The van der Waals surface area contributed by atoms with Crippen LogP contribution in [0.1, 0.15) is 29.2 Å². The van der Waals surface area contributed by atoms with Crippen LogP contribution in [0.4, 0.5) is 0 Å². The molecule has 28 heavy (non-hydrogen) atoms. The number of imidazole rings is 1. The summed E-state index contributed by atoms with van der Waals surface area (Å²) in [4.78, 5) is 21.9. The molecule has 0 spiro atoms. The topological polar surface area (TPSA) is 68.4 Å². The minimum atomic E-state index is 0.0482. The van der Waals surface area contributed by atoms with Crippen molar-refractivity contribution in [1.29, 1.82) is 0 Å². The Morgan fingerprint density at radius 1 is 1.04 bits per heavy atom. The van der Waals surface area contributed by atoms with Crippen molar-refractivity contribution in [1.82, 2.24) is 29.1 Å². The predicted molar refractivity (Wildman–Crippen MR) is 104 cm³/mol. The molecule has 0 radical (unpaired) electrons. The average Bonchev–Trinajstić information content (AvgIpc) is 3.32. The maximum atomic E-state index is 12.2. The molecule has 1 saturated heterocycles. The molecule has 1 fully saturated rings. The molecule has 4 heterocycles. The highest BCUT2D eigenvalue weighted by atomic mass is 16.5. The number of aryl methyl sites for hydroxylation is 2. The molecule has 8 nitrogen and oxygen atoms in total. The fourth-order valence-corrected chi connectivity index (χ4v) is 4.46. The van der Waals surface area contributed by atoms with E-state index in [1.165, 1.54) is 0 Å². The van der Waals surface area contributed by atoms with Crippen LogP contribution >= 0.6 is 0 Å². The SMILES string of the molecule is O=c1cc2c(nn1CCN1CCN(Cc3cn4c(n3)COCC4)CC1)CCC2. The second-order valence-electron chi connectivity index (χ2n) is 8.04. The van der Waals surface area contributed by atoms with Crippen molar-refractivity contribution < 1.29 is 4.74 Å². The number of hydrogen-bond donors (Lipinski definition) is 0. The van der Waals surface area contributed by atoms with E-state index in [1.54, 1.807) is 10.7 Å². The van der Waals surface area contributed by atoms with Crippen molar-refractivity contribution in [3.63, 3.8) is 0 Å². The second kappa shape index (κ2) is 7.77. The molecular formula is C20H28N6O2. The summed E-state index contributed by atoms with van der Waals surface area (Å²) >= 11 is 0. The van der Waals surface area contributed by atoms with Gasteiger partial charge in [-0.1, -0.05) is 0 Å². The van der Waals surface area contributed by atoms with Gasteiger partial charge in [0.05, 0.1) is 24.5 Å². The van der Waals surface area contributed by atoms with Gasteiger partial charge >= 0.3 is 0 Å². The molecular weight excluding hydrogens is 356 g/mol. The Kier molecular flexibility index (Phi) is 5.00. The molecule has 3 aliphatic rings. The molecule has 0 atom stereocenters. The molecule has 5 rings (SSSR count). The summed E-state index contributed by atoms with van der Waals surface area (Å²) in [6, 6.07) is 1.79. The summed E-state index contributed by atoms with van der Waals surface area (Å²) in [6.07, 6.45) is 5.32. The van der Waals surface area contributed by atoms with Gasteiger partial charge < -0.3 is 9.30 Å². The van der Waals surface area contributed by atoms with Crippen molar-refractivity contribution in [2.24, 2.45) is 0 Å². The Hall–Kier alpha value is -2.03. The molecule has 0 saturated carbocycles. The normalized spacial score (nSPS) is 20.3. The summed E-state index contributed by atoms with van der Waals surface area (Å²) in [5, 5.41) is 4.59. The Balaban J connectivity index is 1.12. The van der Waals surface area contributed by atoms with E-state index in [0.717, 1.165) is 94.5 Å².